The van der Waals surface area contributed by atoms with E-state index in [1.165, 1.54) is 17.7 Å². The highest BCUT2D eigenvalue weighted by Crippen LogP contribution is 2.18. The van der Waals surface area contributed by atoms with Gasteiger partial charge in [0.15, 0.2) is 0 Å². The van der Waals surface area contributed by atoms with Crippen LogP contribution in [0.2, 0.25) is 0 Å². The minimum absolute atomic E-state index is 0.0207. The molecule has 3 N–H and O–H groups in total. The number of urea groups is 1. The predicted octanol–water partition coefficient (Wildman–Crippen LogP) is 0.245. The molecule has 0 radical (unpaired) electrons. The Hall–Kier alpha value is -1.30. The average Bonchev–Trinajstić information content (AvgIpc) is 3.09. The number of carboxylic acids is 1. The van der Waals surface area contributed by atoms with Crippen LogP contribution in [0.3, 0.4) is 0 Å². The highest BCUT2D eigenvalue weighted by molar-refractivity contribution is 5.74. The maximum atomic E-state index is 11.5. The van der Waals surface area contributed by atoms with E-state index in [4.69, 9.17) is 5.11 Å². The van der Waals surface area contributed by atoms with Gasteiger partial charge in [0, 0.05) is 26.2 Å². The summed E-state index contributed by atoms with van der Waals surface area (Å²) in [6.07, 6.45) is 3.41. The van der Waals surface area contributed by atoms with Crippen molar-refractivity contribution in [2.75, 3.05) is 26.7 Å². The molecule has 1 saturated carbocycles. The minimum Gasteiger partial charge on any atom is -0.481 e. The van der Waals surface area contributed by atoms with E-state index in [0.717, 1.165) is 13.0 Å². The molecular formula is C11H21N3O3. The molecule has 0 aromatic rings. The molecule has 0 bridgehead atoms. The zero-order valence-corrected chi connectivity index (χ0v) is 10.2. The van der Waals surface area contributed by atoms with Gasteiger partial charge >= 0.3 is 12.0 Å². The summed E-state index contributed by atoms with van der Waals surface area (Å²) < 4.78 is 0. The minimum atomic E-state index is -0.890. The number of hydrogen-bond acceptors (Lipinski definition) is 3. The van der Waals surface area contributed by atoms with Gasteiger partial charge in [-0.25, -0.2) is 4.79 Å². The van der Waals surface area contributed by atoms with Crippen molar-refractivity contribution in [3.8, 4) is 0 Å². The van der Waals surface area contributed by atoms with E-state index < -0.39 is 5.97 Å². The Bertz CT molecular complexity index is 267. The molecule has 0 aliphatic heterocycles. The number of carbonyl (C=O) groups is 2. The molecule has 2 amide bonds. The van der Waals surface area contributed by atoms with Crippen LogP contribution in [0.4, 0.5) is 4.79 Å². The fraction of sp³-hybridized carbons (Fsp3) is 0.818. The van der Waals surface area contributed by atoms with E-state index in [-0.39, 0.29) is 19.0 Å². The lowest BCUT2D eigenvalue weighted by atomic mass is 10.4. The highest BCUT2D eigenvalue weighted by atomic mass is 16.4. The van der Waals surface area contributed by atoms with Gasteiger partial charge in [-0.3, -0.25) is 4.79 Å². The maximum absolute atomic E-state index is 11.5. The topological polar surface area (TPSA) is 81.7 Å². The SMILES string of the molecule is CN(CCC(=O)O)C(=O)NCCCNC1CC1. The number of nitrogens with one attached hydrogen (secondary N) is 2. The van der Waals surface area contributed by atoms with Gasteiger partial charge in [-0.2, -0.15) is 0 Å². The molecule has 6 heteroatoms. The Labute approximate surface area is 101 Å². The van der Waals surface area contributed by atoms with Crippen molar-refractivity contribution in [3.63, 3.8) is 0 Å². The molecule has 6 nitrogen and oxygen atoms in total. The number of hydrogen-bond donors (Lipinski definition) is 3. The summed E-state index contributed by atoms with van der Waals surface area (Å²) in [5.74, 6) is -0.890. The van der Waals surface area contributed by atoms with Crippen molar-refractivity contribution in [2.24, 2.45) is 0 Å². The van der Waals surface area contributed by atoms with Crippen LogP contribution in [0.15, 0.2) is 0 Å². The molecule has 0 aromatic heterocycles. The van der Waals surface area contributed by atoms with E-state index in [1.807, 2.05) is 0 Å². The summed E-state index contributed by atoms with van der Waals surface area (Å²) in [5, 5.41) is 14.6. The predicted molar refractivity (Wildman–Crippen MR) is 63.9 cm³/mol. The first-order chi connectivity index (χ1) is 8.09. The largest absolute Gasteiger partial charge is 0.481 e. The van der Waals surface area contributed by atoms with Crippen molar-refractivity contribution in [1.29, 1.82) is 0 Å². The maximum Gasteiger partial charge on any atom is 0.317 e. The van der Waals surface area contributed by atoms with Gasteiger partial charge in [0.25, 0.3) is 0 Å². The summed E-state index contributed by atoms with van der Waals surface area (Å²) in [6, 6.07) is 0.488. The summed E-state index contributed by atoms with van der Waals surface area (Å²) >= 11 is 0. The van der Waals surface area contributed by atoms with E-state index in [2.05, 4.69) is 10.6 Å². The molecule has 1 aliphatic rings. The fourth-order valence-electron chi connectivity index (χ4n) is 1.38. The summed E-state index contributed by atoms with van der Waals surface area (Å²) in [6.45, 7) is 1.78. The van der Waals surface area contributed by atoms with Gasteiger partial charge < -0.3 is 20.6 Å². The number of nitrogens with zero attached hydrogens (tertiary/aromatic N) is 1. The molecule has 98 valence electrons. The second kappa shape index (κ2) is 7.11. The van der Waals surface area contributed by atoms with Gasteiger partial charge in [0.2, 0.25) is 0 Å². The normalized spacial score (nSPS) is 14.4. The molecule has 0 spiro atoms. The lowest BCUT2D eigenvalue weighted by Gasteiger charge is -2.16. The van der Waals surface area contributed by atoms with Gasteiger partial charge in [0.1, 0.15) is 0 Å². The highest BCUT2D eigenvalue weighted by Gasteiger charge is 2.19. The Morgan fingerprint density at radius 1 is 1.35 bits per heavy atom. The Balaban J connectivity index is 1.96. The third-order valence-electron chi connectivity index (χ3n) is 2.65. The van der Waals surface area contributed by atoms with Gasteiger partial charge in [-0.1, -0.05) is 0 Å². The van der Waals surface area contributed by atoms with E-state index in [9.17, 15) is 9.59 Å². The zero-order valence-electron chi connectivity index (χ0n) is 10.2. The van der Waals surface area contributed by atoms with Crippen LogP contribution < -0.4 is 10.6 Å². The van der Waals surface area contributed by atoms with Crippen LogP contribution in [0.1, 0.15) is 25.7 Å². The van der Waals surface area contributed by atoms with Gasteiger partial charge in [-0.15, -0.1) is 0 Å². The van der Waals surface area contributed by atoms with Crippen LogP contribution in [0.25, 0.3) is 0 Å². The van der Waals surface area contributed by atoms with E-state index in [1.54, 1.807) is 7.05 Å². The fourth-order valence-corrected chi connectivity index (χ4v) is 1.38. The van der Waals surface area contributed by atoms with Crippen molar-refractivity contribution >= 4 is 12.0 Å². The smallest absolute Gasteiger partial charge is 0.317 e. The molecule has 0 aromatic carbocycles. The molecule has 0 unspecified atom stereocenters. The summed E-state index contributed by atoms with van der Waals surface area (Å²) in [5.41, 5.74) is 0. The van der Waals surface area contributed by atoms with Crippen LogP contribution >= 0.6 is 0 Å². The second-order valence-electron chi connectivity index (χ2n) is 4.38. The molecule has 1 fully saturated rings. The van der Waals surface area contributed by atoms with Crippen molar-refractivity contribution < 1.29 is 14.7 Å². The van der Waals surface area contributed by atoms with Crippen molar-refractivity contribution in [3.05, 3.63) is 0 Å². The zero-order chi connectivity index (χ0) is 12.7. The van der Waals surface area contributed by atoms with Crippen LogP contribution in [0, 0.1) is 0 Å². The number of carboxylic acid groups (broad SMARTS) is 1. The quantitative estimate of drug-likeness (QED) is 0.534. The van der Waals surface area contributed by atoms with Crippen LogP contribution in [-0.2, 0) is 4.79 Å². The monoisotopic (exact) mass is 243 g/mol. The Morgan fingerprint density at radius 3 is 2.65 bits per heavy atom. The Morgan fingerprint density at radius 2 is 2.06 bits per heavy atom. The summed E-state index contributed by atoms with van der Waals surface area (Å²) in [4.78, 5) is 23.2. The number of amides is 2. The second-order valence-corrected chi connectivity index (χ2v) is 4.38. The third kappa shape index (κ3) is 6.78. The first kappa shape index (κ1) is 13.8. The van der Waals surface area contributed by atoms with Gasteiger partial charge in [0.05, 0.1) is 6.42 Å². The standard InChI is InChI=1S/C11H21N3O3/c1-14(8-5-10(15)16)11(17)13-7-2-6-12-9-3-4-9/h9,12H,2-8H2,1H3,(H,13,17)(H,15,16). The summed E-state index contributed by atoms with van der Waals surface area (Å²) in [7, 11) is 1.60. The van der Waals surface area contributed by atoms with Crippen molar-refractivity contribution in [2.45, 2.75) is 31.7 Å². The molecule has 0 saturated heterocycles. The average molecular weight is 243 g/mol. The molecule has 0 atom stereocenters. The molecule has 1 rings (SSSR count). The van der Waals surface area contributed by atoms with Crippen molar-refractivity contribution in [1.82, 2.24) is 15.5 Å². The lowest BCUT2D eigenvalue weighted by Crippen LogP contribution is -2.39. The Kier molecular flexibility index (Phi) is 5.76. The molecular weight excluding hydrogens is 222 g/mol. The van der Waals surface area contributed by atoms with Gasteiger partial charge in [-0.05, 0) is 25.8 Å². The van der Waals surface area contributed by atoms with E-state index >= 15 is 0 Å². The number of aliphatic carboxylic acids is 1. The lowest BCUT2D eigenvalue weighted by molar-refractivity contribution is -0.137. The first-order valence-corrected chi connectivity index (χ1v) is 6.03. The molecule has 0 heterocycles. The van der Waals surface area contributed by atoms with E-state index in [0.29, 0.717) is 12.6 Å². The number of rotatable bonds is 8. The third-order valence-corrected chi connectivity index (χ3v) is 2.65. The van der Waals surface area contributed by atoms with Crippen LogP contribution in [-0.4, -0.2) is 54.7 Å². The number of carbonyl (C=O) groups excluding carboxylic acids is 1. The molecule has 1 aliphatic carbocycles. The first-order valence-electron chi connectivity index (χ1n) is 6.03. The van der Waals surface area contributed by atoms with Crippen LogP contribution in [0.5, 0.6) is 0 Å². The molecule has 17 heavy (non-hydrogen) atoms.